The Morgan fingerprint density at radius 2 is 1.80 bits per heavy atom. The van der Waals surface area contributed by atoms with Gasteiger partial charge in [0.05, 0.1) is 12.7 Å². The van der Waals surface area contributed by atoms with E-state index >= 15 is 0 Å². The molecule has 0 fully saturated rings. The molecule has 0 unspecified atom stereocenters. The fraction of sp³-hybridized carbons (Fsp3) is 0.214. The van der Waals surface area contributed by atoms with Gasteiger partial charge in [0.2, 0.25) is 0 Å². The number of carbonyl (C=O) groups excluding carboxylic acids is 3. The van der Waals surface area contributed by atoms with E-state index in [1.807, 2.05) is 0 Å². The molecule has 0 aliphatic heterocycles. The van der Waals surface area contributed by atoms with Gasteiger partial charge in [-0.1, -0.05) is 12.1 Å². The lowest BCUT2D eigenvalue weighted by Crippen LogP contribution is -2.29. The van der Waals surface area contributed by atoms with Crippen molar-refractivity contribution >= 4 is 23.9 Å². The van der Waals surface area contributed by atoms with Gasteiger partial charge in [0.15, 0.2) is 6.10 Å². The standard InChI is InChI=1S/C14H15NO5/c1-9(13(15)17)20-12(16)8-5-10-3-6-11(7-4-10)14(18)19-2/h3-9H,1-2H3,(H2,15,17)/b8-5+/t9-/m1/s1. The third-order valence-electron chi connectivity index (χ3n) is 2.44. The molecule has 0 aliphatic rings. The number of esters is 2. The van der Waals surface area contributed by atoms with E-state index in [9.17, 15) is 14.4 Å². The summed E-state index contributed by atoms with van der Waals surface area (Å²) in [4.78, 5) is 33.3. The summed E-state index contributed by atoms with van der Waals surface area (Å²) in [5.74, 6) is -1.82. The summed E-state index contributed by atoms with van der Waals surface area (Å²) in [6.07, 6.45) is 1.69. The van der Waals surface area contributed by atoms with Gasteiger partial charge >= 0.3 is 11.9 Å². The van der Waals surface area contributed by atoms with E-state index in [-0.39, 0.29) is 0 Å². The normalized spacial score (nSPS) is 11.9. The lowest BCUT2D eigenvalue weighted by molar-refractivity contribution is -0.148. The van der Waals surface area contributed by atoms with E-state index in [0.717, 1.165) is 0 Å². The van der Waals surface area contributed by atoms with E-state index in [1.165, 1.54) is 26.2 Å². The highest BCUT2D eigenvalue weighted by molar-refractivity contribution is 5.91. The van der Waals surface area contributed by atoms with E-state index < -0.39 is 23.9 Å². The highest BCUT2D eigenvalue weighted by Crippen LogP contribution is 2.07. The molecule has 6 nitrogen and oxygen atoms in total. The summed E-state index contributed by atoms with van der Waals surface area (Å²) in [5, 5.41) is 0. The third kappa shape index (κ3) is 4.56. The van der Waals surface area contributed by atoms with Crippen LogP contribution >= 0.6 is 0 Å². The van der Waals surface area contributed by atoms with Crippen LogP contribution in [0.15, 0.2) is 30.3 Å². The Morgan fingerprint density at radius 1 is 1.20 bits per heavy atom. The lowest BCUT2D eigenvalue weighted by atomic mass is 10.1. The molecular weight excluding hydrogens is 262 g/mol. The zero-order valence-corrected chi connectivity index (χ0v) is 11.2. The molecule has 1 aromatic carbocycles. The number of primary amides is 1. The van der Waals surface area contributed by atoms with Gasteiger partial charge in [0.25, 0.3) is 5.91 Å². The van der Waals surface area contributed by atoms with Crippen molar-refractivity contribution < 1.29 is 23.9 Å². The Balaban J connectivity index is 2.64. The average molecular weight is 277 g/mol. The number of hydrogen-bond acceptors (Lipinski definition) is 5. The molecule has 6 heteroatoms. The van der Waals surface area contributed by atoms with Gasteiger partial charge in [-0.15, -0.1) is 0 Å². The maximum Gasteiger partial charge on any atom is 0.337 e. The van der Waals surface area contributed by atoms with Crippen LogP contribution in [-0.4, -0.2) is 31.1 Å². The minimum absolute atomic E-state index is 0.412. The highest BCUT2D eigenvalue weighted by Gasteiger charge is 2.12. The van der Waals surface area contributed by atoms with E-state index in [4.69, 9.17) is 10.5 Å². The minimum atomic E-state index is -0.978. The van der Waals surface area contributed by atoms with Crippen molar-refractivity contribution in [3.8, 4) is 0 Å². The van der Waals surface area contributed by atoms with Crippen molar-refractivity contribution in [1.29, 1.82) is 0 Å². The molecule has 1 aromatic rings. The van der Waals surface area contributed by atoms with Crippen LogP contribution in [0.25, 0.3) is 6.08 Å². The zero-order valence-electron chi connectivity index (χ0n) is 11.2. The molecule has 1 amide bonds. The smallest absolute Gasteiger partial charge is 0.337 e. The second-order valence-corrected chi connectivity index (χ2v) is 3.93. The summed E-state index contributed by atoms with van der Waals surface area (Å²) in [5.41, 5.74) is 6.07. The fourth-order valence-electron chi connectivity index (χ4n) is 1.28. The van der Waals surface area contributed by atoms with Crippen LogP contribution in [0, 0.1) is 0 Å². The Labute approximate surface area is 116 Å². The van der Waals surface area contributed by atoms with Crippen molar-refractivity contribution in [1.82, 2.24) is 0 Å². The molecule has 0 heterocycles. The number of amides is 1. The first-order valence-corrected chi connectivity index (χ1v) is 5.80. The third-order valence-corrected chi connectivity index (χ3v) is 2.44. The summed E-state index contributed by atoms with van der Waals surface area (Å²) in [6, 6.07) is 6.44. The van der Waals surface area contributed by atoms with Gasteiger partial charge in [0.1, 0.15) is 0 Å². The predicted octanol–water partition coefficient (Wildman–Crippen LogP) is 0.903. The SMILES string of the molecule is COC(=O)c1ccc(/C=C/C(=O)O[C@H](C)C(N)=O)cc1. The molecular formula is C14H15NO5. The maximum atomic E-state index is 11.4. The van der Waals surface area contributed by atoms with Crippen molar-refractivity contribution in [2.75, 3.05) is 7.11 Å². The molecule has 1 rings (SSSR count). The monoisotopic (exact) mass is 277 g/mol. The van der Waals surface area contributed by atoms with Gasteiger partial charge in [-0.25, -0.2) is 9.59 Å². The first-order valence-electron chi connectivity index (χ1n) is 5.80. The lowest BCUT2D eigenvalue weighted by Gasteiger charge is -2.06. The number of hydrogen-bond donors (Lipinski definition) is 1. The van der Waals surface area contributed by atoms with Crippen molar-refractivity contribution in [3.63, 3.8) is 0 Å². The molecule has 0 aromatic heterocycles. The van der Waals surface area contributed by atoms with Crippen LogP contribution < -0.4 is 5.73 Å². The van der Waals surface area contributed by atoms with Crippen LogP contribution in [0.5, 0.6) is 0 Å². The van der Waals surface area contributed by atoms with Crippen molar-refractivity contribution in [2.24, 2.45) is 5.73 Å². The summed E-state index contributed by atoms with van der Waals surface area (Å²) >= 11 is 0. The van der Waals surface area contributed by atoms with Crippen LogP contribution in [0.3, 0.4) is 0 Å². The zero-order chi connectivity index (χ0) is 15.1. The fourth-order valence-corrected chi connectivity index (χ4v) is 1.28. The molecule has 20 heavy (non-hydrogen) atoms. The number of ether oxygens (including phenoxy) is 2. The van der Waals surface area contributed by atoms with Crippen LogP contribution in [0.1, 0.15) is 22.8 Å². The van der Waals surface area contributed by atoms with Gasteiger partial charge < -0.3 is 15.2 Å². The molecule has 0 saturated heterocycles. The molecule has 0 aliphatic carbocycles. The molecule has 0 spiro atoms. The second kappa shape index (κ2) is 7.08. The number of nitrogens with two attached hydrogens (primary N) is 1. The average Bonchev–Trinajstić information content (AvgIpc) is 2.44. The summed E-state index contributed by atoms with van der Waals surface area (Å²) < 4.78 is 9.30. The molecule has 2 N–H and O–H groups in total. The number of carbonyl (C=O) groups is 3. The van der Waals surface area contributed by atoms with Crippen LogP contribution in [-0.2, 0) is 19.1 Å². The van der Waals surface area contributed by atoms with Crippen LogP contribution in [0.4, 0.5) is 0 Å². The molecule has 0 bridgehead atoms. The van der Waals surface area contributed by atoms with Gasteiger partial charge in [-0.05, 0) is 30.7 Å². The van der Waals surface area contributed by atoms with E-state index in [2.05, 4.69) is 4.74 Å². The van der Waals surface area contributed by atoms with Gasteiger partial charge in [-0.2, -0.15) is 0 Å². The van der Waals surface area contributed by atoms with Gasteiger partial charge in [-0.3, -0.25) is 4.79 Å². The first kappa shape index (κ1) is 15.4. The van der Waals surface area contributed by atoms with Gasteiger partial charge in [0, 0.05) is 6.08 Å². The number of rotatable bonds is 5. The number of benzene rings is 1. The van der Waals surface area contributed by atoms with E-state index in [1.54, 1.807) is 24.3 Å². The topological polar surface area (TPSA) is 95.7 Å². The number of methoxy groups -OCH3 is 1. The highest BCUT2D eigenvalue weighted by atomic mass is 16.5. The molecule has 106 valence electrons. The quantitative estimate of drug-likeness (QED) is 0.637. The Bertz CT molecular complexity index is 533. The Morgan fingerprint density at radius 3 is 2.30 bits per heavy atom. The second-order valence-electron chi connectivity index (χ2n) is 3.93. The largest absolute Gasteiger partial charge is 0.465 e. The van der Waals surface area contributed by atoms with Crippen molar-refractivity contribution in [2.45, 2.75) is 13.0 Å². The maximum absolute atomic E-state index is 11.4. The molecule has 0 radical (unpaired) electrons. The Hall–Kier alpha value is -2.63. The van der Waals surface area contributed by atoms with E-state index in [0.29, 0.717) is 11.1 Å². The predicted molar refractivity (Wildman–Crippen MR) is 71.6 cm³/mol. The van der Waals surface area contributed by atoms with Crippen molar-refractivity contribution in [3.05, 3.63) is 41.5 Å². The summed E-state index contributed by atoms with van der Waals surface area (Å²) in [6.45, 7) is 1.39. The van der Waals surface area contributed by atoms with Crippen LogP contribution in [0.2, 0.25) is 0 Å². The molecule has 0 saturated carbocycles. The summed E-state index contributed by atoms with van der Waals surface area (Å²) in [7, 11) is 1.30. The molecule has 1 atom stereocenters. The Kier molecular flexibility index (Phi) is 5.46. The first-order chi connectivity index (χ1) is 9.43. The minimum Gasteiger partial charge on any atom is -0.465 e.